The molecule has 1 aromatic carbocycles. The summed E-state index contributed by atoms with van der Waals surface area (Å²) in [4.78, 5) is 1.14. The monoisotopic (exact) mass is 260 g/mol. The Bertz CT molecular complexity index is 652. The van der Waals surface area contributed by atoms with E-state index >= 15 is 0 Å². The molecule has 2 N–H and O–H groups in total. The third-order valence-corrected chi connectivity index (χ3v) is 4.43. The largest absolute Gasteiger partial charge is 0.389 e. The molecule has 0 aliphatic heterocycles. The van der Waals surface area contributed by atoms with E-state index in [0.717, 1.165) is 28.3 Å². The Kier molecular flexibility index (Phi) is 2.36. The van der Waals surface area contributed by atoms with Gasteiger partial charge in [-0.25, -0.2) is 0 Å². The normalized spacial score (nSPS) is 12.7. The molecule has 0 radical (unpaired) electrons. The molecular weight excluding hydrogens is 252 g/mol. The first-order valence-electron chi connectivity index (χ1n) is 5.30. The summed E-state index contributed by atoms with van der Waals surface area (Å²) >= 11 is 7.50. The minimum atomic E-state index is 0.625. The molecule has 84 valence electrons. The molecule has 0 bridgehead atoms. The number of aryl methyl sites for hydroxylation is 1. The summed E-state index contributed by atoms with van der Waals surface area (Å²) in [7, 11) is 0. The number of anilines is 1. The number of nitrogens with two attached hydrogens (primary N) is 1. The lowest BCUT2D eigenvalue weighted by molar-refractivity contribution is 0.946. The van der Waals surface area contributed by atoms with Crippen LogP contribution in [0.4, 0.5) is 5.00 Å². The van der Waals surface area contributed by atoms with E-state index in [-0.39, 0.29) is 0 Å². The SMILES string of the molecule is N#Cc1c(N)sc2c1CCc1cc(Cl)ccc1-2. The van der Waals surface area contributed by atoms with Crippen molar-refractivity contribution < 1.29 is 0 Å². The highest BCUT2D eigenvalue weighted by molar-refractivity contribution is 7.19. The van der Waals surface area contributed by atoms with Gasteiger partial charge in [0.2, 0.25) is 0 Å². The standard InChI is InChI=1S/C13H9ClN2S/c14-8-2-4-9-7(5-8)1-3-10-11(6-15)13(16)17-12(9)10/h2,4-5H,1,3,16H2. The van der Waals surface area contributed by atoms with Gasteiger partial charge in [0.15, 0.2) is 0 Å². The zero-order valence-corrected chi connectivity index (χ0v) is 10.5. The number of thiophene rings is 1. The first kappa shape index (κ1) is 10.6. The van der Waals surface area contributed by atoms with E-state index in [9.17, 15) is 0 Å². The van der Waals surface area contributed by atoms with Crippen molar-refractivity contribution in [2.75, 3.05) is 5.73 Å². The fourth-order valence-electron chi connectivity index (χ4n) is 2.31. The Hall–Kier alpha value is -1.50. The number of rotatable bonds is 0. The third kappa shape index (κ3) is 1.53. The van der Waals surface area contributed by atoms with Crippen LogP contribution in [0.2, 0.25) is 5.02 Å². The molecule has 0 amide bonds. The molecular formula is C13H9ClN2S. The zero-order chi connectivity index (χ0) is 12.0. The van der Waals surface area contributed by atoms with Crippen LogP contribution in [0.5, 0.6) is 0 Å². The van der Waals surface area contributed by atoms with Gasteiger partial charge in [0.1, 0.15) is 11.1 Å². The minimum absolute atomic E-state index is 0.625. The van der Waals surface area contributed by atoms with Crippen molar-refractivity contribution >= 4 is 27.9 Å². The third-order valence-electron chi connectivity index (χ3n) is 3.10. The first-order valence-corrected chi connectivity index (χ1v) is 6.50. The quantitative estimate of drug-likeness (QED) is 0.786. The van der Waals surface area contributed by atoms with E-state index in [1.807, 2.05) is 18.2 Å². The zero-order valence-electron chi connectivity index (χ0n) is 8.96. The highest BCUT2D eigenvalue weighted by atomic mass is 35.5. The number of nitriles is 1. The van der Waals surface area contributed by atoms with Crippen LogP contribution in [-0.2, 0) is 12.8 Å². The number of nitrogen functional groups attached to an aromatic ring is 1. The maximum Gasteiger partial charge on any atom is 0.105 e. The molecule has 0 fully saturated rings. The van der Waals surface area contributed by atoms with Crippen molar-refractivity contribution in [1.29, 1.82) is 5.26 Å². The molecule has 1 aliphatic rings. The van der Waals surface area contributed by atoms with Crippen molar-refractivity contribution in [3.8, 4) is 16.5 Å². The number of halogens is 1. The van der Waals surface area contributed by atoms with Gasteiger partial charge >= 0.3 is 0 Å². The van der Waals surface area contributed by atoms with Gasteiger partial charge in [0.05, 0.1) is 5.56 Å². The fourth-order valence-corrected chi connectivity index (χ4v) is 3.64. The number of nitrogens with zero attached hydrogens (tertiary/aromatic N) is 1. The topological polar surface area (TPSA) is 49.8 Å². The number of hydrogen-bond acceptors (Lipinski definition) is 3. The van der Waals surface area contributed by atoms with E-state index in [0.29, 0.717) is 10.6 Å². The number of hydrogen-bond donors (Lipinski definition) is 1. The lowest BCUT2D eigenvalue weighted by atomic mass is 9.90. The van der Waals surface area contributed by atoms with Crippen LogP contribution in [-0.4, -0.2) is 0 Å². The van der Waals surface area contributed by atoms with Crippen LogP contribution in [0, 0.1) is 11.3 Å². The van der Waals surface area contributed by atoms with E-state index < -0.39 is 0 Å². The molecule has 0 spiro atoms. The van der Waals surface area contributed by atoms with Gasteiger partial charge in [0, 0.05) is 9.90 Å². The van der Waals surface area contributed by atoms with E-state index in [4.69, 9.17) is 22.6 Å². The van der Waals surface area contributed by atoms with E-state index in [2.05, 4.69) is 6.07 Å². The first-order chi connectivity index (χ1) is 8.20. The summed E-state index contributed by atoms with van der Waals surface area (Å²) in [5.41, 5.74) is 10.1. The van der Waals surface area contributed by atoms with Crippen molar-refractivity contribution in [2.24, 2.45) is 0 Å². The van der Waals surface area contributed by atoms with Crippen LogP contribution >= 0.6 is 22.9 Å². The van der Waals surface area contributed by atoms with Crippen LogP contribution in [0.1, 0.15) is 16.7 Å². The molecule has 0 unspecified atom stereocenters. The average Bonchev–Trinajstić information content (AvgIpc) is 2.64. The lowest BCUT2D eigenvalue weighted by Crippen LogP contribution is -2.02. The van der Waals surface area contributed by atoms with Gasteiger partial charge in [-0.3, -0.25) is 0 Å². The maximum absolute atomic E-state index is 9.11. The highest BCUT2D eigenvalue weighted by Crippen LogP contribution is 2.44. The summed E-state index contributed by atoms with van der Waals surface area (Å²) in [6.45, 7) is 0. The predicted octanol–water partition coefficient (Wildman–Crippen LogP) is 3.62. The predicted molar refractivity (Wildman–Crippen MR) is 71.3 cm³/mol. The molecule has 17 heavy (non-hydrogen) atoms. The molecule has 2 aromatic rings. The van der Waals surface area contributed by atoms with E-state index in [1.54, 1.807) is 0 Å². The van der Waals surface area contributed by atoms with Crippen molar-refractivity contribution in [3.05, 3.63) is 39.9 Å². The lowest BCUT2D eigenvalue weighted by Gasteiger charge is -2.16. The van der Waals surface area contributed by atoms with Gasteiger partial charge in [-0.2, -0.15) is 5.26 Å². The Balaban J connectivity index is 2.28. The Morgan fingerprint density at radius 1 is 1.35 bits per heavy atom. The molecule has 1 aromatic heterocycles. The maximum atomic E-state index is 9.11. The molecule has 3 rings (SSSR count). The molecule has 1 heterocycles. The van der Waals surface area contributed by atoms with E-state index in [1.165, 1.54) is 22.5 Å². The van der Waals surface area contributed by atoms with Crippen LogP contribution in [0.25, 0.3) is 10.4 Å². The molecule has 0 atom stereocenters. The van der Waals surface area contributed by atoms with Crippen molar-refractivity contribution in [3.63, 3.8) is 0 Å². The highest BCUT2D eigenvalue weighted by Gasteiger charge is 2.23. The summed E-state index contributed by atoms with van der Waals surface area (Å²) in [5.74, 6) is 0. The molecule has 2 nitrogen and oxygen atoms in total. The molecule has 1 aliphatic carbocycles. The van der Waals surface area contributed by atoms with Gasteiger partial charge in [-0.05, 0) is 41.7 Å². The smallest absolute Gasteiger partial charge is 0.105 e. The second kappa shape index (κ2) is 3.76. The second-order valence-corrected chi connectivity index (χ2v) is 5.55. The van der Waals surface area contributed by atoms with Crippen LogP contribution in [0.3, 0.4) is 0 Å². The minimum Gasteiger partial charge on any atom is -0.389 e. The van der Waals surface area contributed by atoms with Crippen LogP contribution in [0.15, 0.2) is 18.2 Å². The summed E-state index contributed by atoms with van der Waals surface area (Å²) in [6.07, 6.45) is 1.80. The van der Waals surface area contributed by atoms with Crippen molar-refractivity contribution in [2.45, 2.75) is 12.8 Å². The number of benzene rings is 1. The van der Waals surface area contributed by atoms with Crippen molar-refractivity contribution in [1.82, 2.24) is 0 Å². The Morgan fingerprint density at radius 2 is 2.18 bits per heavy atom. The fraction of sp³-hybridized carbons (Fsp3) is 0.154. The second-order valence-electron chi connectivity index (χ2n) is 4.06. The van der Waals surface area contributed by atoms with Gasteiger partial charge in [-0.15, -0.1) is 11.3 Å². The molecule has 0 saturated carbocycles. The molecule has 4 heteroatoms. The van der Waals surface area contributed by atoms with Gasteiger partial charge in [-0.1, -0.05) is 17.7 Å². The Morgan fingerprint density at radius 3 is 2.94 bits per heavy atom. The van der Waals surface area contributed by atoms with Gasteiger partial charge in [0.25, 0.3) is 0 Å². The molecule has 0 saturated heterocycles. The summed E-state index contributed by atoms with van der Waals surface area (Å²) < 4.78 is 0. The number of fused-ring (bicyclic) bond motifs is 3. The van der Waals surface area contributed by atoms with Crippen LogP contribution < -0.4 is 5.73 Å². The summed E-state index contributed by atoms with van der Waals surface area (Å²) in [6, 6.07) is 8.11. The summed E-state index contributed by atoms with van der Waals surface area (Å²) in [5, 5.41) is 10.5. The average molecular weight is 261 g/mol. The van der Waals surface area contributed by atoms with Gasteiger partial charge < -0.3 is 5.73 Å². The Labute approximate surface area is 108 Å².